The Bertz CT molecular complexity index is 164. The molecule has 0 amide bonds. The molecule has 0 heterocycles. The van der Waals surface area contributed by atoms with Crippen LogP contribution in [0.25, 0.3) is 0 Å². The fourth-order valence-corrected chi connectivity index (χ4v) is 1.21. The van der Waals surface area contributed by atoms with Crippen LogP contribution in [0.15, 0.2) is 24.3 Å². The zero-order valence-corrected chi connectivity index (χ0v) is 5.77. The van der Waals surface area contributed by atoms with E-state index in [-0.39, 0.29) is 0 Å². The largest absolute Gasteiger partial charge is 0.185 e. The molecular formula is C7H7NS. The van der Waals surface area contributed by atoms with E-state index < -0.39 is 0 Å². The summed E-state index contributed by atoms with van der Waals surface area (Å²) in [5.74, 6) is 1.39. The number of thioether (sulfide) groups is 1. The minimum Gasteiger partial charge on any atom is -0.185 e. The number of hydrogen-bond acceptors (Lipinski definition) is 2. The summed E-state index contributed by atoms with van der Waals surface area (Å²) < 4.78 is 0. The lowest BCUT2D eigenvalue weighted by molar-refractivity contribution is 0.979. The smallest absolute Gasteiger partial charge is 0.133 e. The molecule has 0 spiro atoms. The molecule has 1 rings (SSSR count). The number of nitriles is 1. The molecule has 0 saturated heterocycles. The summed E-state index contributed by atoms with van der Waals surface area (Å²) >= 11 is 1.31. The van der Waals surface area contributed by atoms with Gasteiger partial charge in [-0.15, -0.1) is 0 Å². The summed E-state index contributed by atoms with van der Waals surface area (Å²) in [7, 11) is 0. The van der Waals surface area contributed by atoms with Crippen LogP contribution in [0.3, 0.4) is 0 Å². The van der Waals surface area contributed by atoms with Crippen molar-refractivity contribution in [1.82, 2.24) is 0 Å². The average molecular weight is 137 g/mol. The molecule has 1 aliphatic carbocycles. The lowest BCUT2D eigenvalue weighted by atomic mass is 10.2. The van der Waals surface area contributed by atoms with Gasteiger partial charge >= 0.3 is 0 Å². The van der Waals surface area contributed by atoms with E-state index in [2.05, 4.69) is 12.2 Å². The van der Waals surface area contributed by atoms with Crippen molar-refractivity contribution in [3.8, 4) is 5.40 Å². The maximum atomic E-state index is 8.19. The first kappa shape index (κ1) is 6.44. The zero-order chi connectivity index (χ0) is 6.53. The predicted octanol–water partition coefficient (Wildman–Crippen LogP) is 1.94. The van der Waals surface area contributed by atoms with E-state index in [9.17, 15) is 0 Å². The van der Waals surface area contributed by atoms with Crippen molar-refractivity contribution in [3.63, 3.8) is 0 Å². The van der Waals surface area contributed by atoms with Crippen molar-refractivity contribution < 1.29 is 0 Å². The van der Waals surface area contributed by atoms with E-state index >= 15 is 0 Å². The molecule has 2 heteroatoms. The number of rotatable bonds is 2. The third-order valence-electron chi connectivity index (χ3n) is 1.17. The van der Waals surface area contributed by atoms with E-state index in [0.29, 0.717) is 5.92 Å². The molecule has 9 heavy (non-hydrogen) atoms. The Morgan fingerprint density at radius 1 is 1.44 bits per heavy atom. The fraction of sp³-hybridized carbons (Fsp3) is 0.286. The van der Waals surface area contributed by atoms with E-state index in [1.165, 1.54) is 11.8 Å². The molecule has 0 bridgehead atoms. The summed E-state index contributed by atoms with van der Waals surface area (Å²) in [6.07, 6.45) is 8.24. The highest BCUT2D eigenvalue weighted by Gasteiger charge is 2.01. The minimum absolute atomic E-state index is 0.495. The maximum absolute atomic E-state index is 8.19. The van der Waals surface area contributed by atoms with Crippen LogP contribution in [0.2, 0.25) is 0 Å². The van der Waals surface area contributed by atoms with Gasteiger partial charge in [-0.05, 0) is 11.8 Å². The summed E-state index contributed by atoms with van der Waals surface area (Å²) in [5, 5.41) is 10.2. The van der Waals surface area contributed by atoms with Crippen LogP contribution in [-0.2, 0) is 0 Å². The van der Waals surface area contributed by atoms with Gasteiger partial charge in [0.05, 0.1) is 0 Å². The van der Waals surface area contributed by atoms with Gasteiger partial charge < -0.3 is 0 Å². The monoisotopic (exact) mass is 137 g/mol. The molecule has 0 aromatic heterocycles. The summed E-state index contributed by atoms with van der Waals surface area (Å²) in [5.41, 5.74) is 0. The van der Waals surface area contributed by atoms with Crippen LogP contribution >= 0.6 is 11.8 Å². The van der Waals surface area contributed by atoms with Crippen molar-refractivity contribution in [3.05, 3.63) is 24.3 Å². The van der Waals surface area contributed by atoms with Crippen LogP contribution < -0.4 is 0 Å². The Labute approximate surface area is 59.1 Å². The fourth-order valence-electron chi connectivity index (χ4n) is 0.722. The highest BCUT2D eigenvalue weighted by molar-refractivity contribution is 8.03. The normalized spacial score (nSPS) is 16.3. The number of thiocyanates is 1. The minimum atomic E-state index is 0.495. The number of allylic oxidation sites excluding steroid dienone is 4. The topological polar surface area (TPSA) is 23.8 Å². The molecule has 46 valence electrons. The van der Waals surface area contributed by atoms with Crippen molar-refractivity contribution in [2.75, 3.05) is 5.75 Å². The van der Waals surface area contributed by atoms with Gasteiger partial charge in [-0.1, -0.05) is 24.3 Å². The van der Waals surface area contributed by atoms with E-state index in [1.54, 1.807) is 0 Å². The standard InChI is InChI=1S/C7H7NS/c8-6-9-5-7-3-1-2-4-7/h1-4,7H,5H2. The maximum Gasteiger partial charge on any atom is 0.133 e. The molecule has 1 nitrogen and oxygen atoms in total. The van der Waals surface area contributed by atoms with Crippen molar-refractivity contribution in [1.29, 1.82) is 5.26 Å². The van der Waals surface area contributed by atoms with Crippen LogP contribution in [0.5, 0.6) is 0 Å². The van der Waals surface area contributed by atoms with E-state index in [1.807, 2.05) is 17.6 Å². The number of hydrogen-bond donors (Lipinski definition) is 0. The molecule has 0 aromatic rings. The molecule has 0 saturated carbocycles. The van der Waals surface area contributed by atoms with Crippen molar-refractivity contribution >= 4 is 11.8 Å². The first-order valence-electron chi connectivity index (χ1n) is 2.79. The van der Waals surface area contributed by atoms with Gasteiger partial charge in [-0.2, -0.15) is 5.26 Å². The van der Waals surface area contributed by atoms with Gasteiger partial charge in [0, 0.05) is 11.7 Å². The van der Waals surface area contributed by atoms with Gasteiger partial charge in [0.15, 0.2) is 0 Å². The second kappa shape index (κ2) is 3.37. The molecule has 1 aliphatic rings. The molecule has 0 aromatic carbocycles. The Kier molecular flexibility index (Phi) is 2.41. The highest BCUT2D eigenvalue weighted by Crippen LogP contribution is 2.14. The first-order valence-corrected chi connectivity index (χ1v) is 3.78. The summed E-state index contributed by atoms with van der Waals surface area (Å²) in [4.78, 5) is 0. The SMILES string of the molecule is N#CSCC1C=CC=C1. The lowest BCUT2D eigenvalue weighted by Gasteiger charge is -1.96. The quantitative estimate of drug-likeness (QED) is 0.543. The van der Waals surface area contributed by atoms with Crippen LogP contribution in [0.4, 0.5) is 0 Å². The molecule has 0 aliphatic heterocycles. The highest BCUT2D eigenvalue weighted by atomic mass is 32.2. The predicted molar refractivity (Wildman–Crippen MR) is 39.8 cm³/mol. The molecule has 0 N–H and O–H groups in total. The Morgan fingerprint density at radius 2 is 2.11 bits per heavy atom. The van der Waals surface area contributed by atoms with Gasteiger partial charge in [0.2, 0.25) is 0 Å². The molecule has 0 radical (unpaired) electrons. The molecular weight excluding hydrogens is 130 g/mol. The van der Waals surface area contributed by atoms with Gasteiger partial charge in [0.25, 0.3) is 0 Å². The first-order chi connectivity index (χ1) is 4.43. The Hall–Kier alpha value is -0.680. The van der Waals surface area contributed by atoms with Crippen molar-refractivity contribution in [2.45, 2.75) is 0 Å². The average Bonchev–Trinajstić information content (AvgIpc) is 2.34. The molecule has 0 fully saturated rings. The third kappa shape index (κ3) is 1.95. The number of nitrogens with zero attached hydrogens (tertiary/aromatic N) is 1. The van der Waals surface area contributed by atoms with Crippen molar-refractivity contribution in [2.24, 2.45) is 5.92 Å². The van der Waals surface area contributed by atoms with Gasteiger partial charge in [-0.25, -0.2) is 0 Å². The molecule has 0 unspecified atom stereocenters. The second-order valence-electron chi connectivity index (χ2n) is 1.84. The summed E-state index contributed by atoms with van der Waals surface area (Å²) in [6, 6.07) is 0. The van der Waals surface area contributed by atoms with Crippen LogP contribution in [0.1, 0.15) is 0 Å². The second-order valence-corrected chi connectivity index (χ2v) is 2.64. The molecule has 0 atom stereocenters. The van der Waals surface area contributed by atoms with Crippen LogP contribution in [-0.4, -0.2) is 5.75 Å². The third-order valence-corrected chi connectivity index (χ3v) is 1.85. The van der Waals surface area contributed by atoms with Crippen LogP contribution in [0, 0.1) is 16.6 Å². The van der Waals surface area contributed by atoms with E-state index in [0.717, 1.165) is 5.75 Å². The van der Waals surface area contributed by atoms with Gasteiger partial charge in [-0.3, -0.25) is 0 Å². The summed E-state index contributed by atoms with van der Waals surface area (Å²) in [6.45, 7) is 0. The Balaban J connectivity index is 2.23. The van der Waals surface area contributed by atoms with E-state index in [4.69, 9.17) is 5.26 Å². The Morgan fingerprint density at radius 3 is 2.67 bits per heavy atom. The zero-order valence-electron chi connectivity index (χ0n) is 4.95. The lowest BCUT2D eigenvalue weighted by Crippen LogP contribution is -1.90. The van der Waals surface area contributed by atoms with Gasteiger partial charge in [0.1, 0.15) is 5.40 Å².